The Bertz CT molecular complexity index is 969. The zero-order valence-corrected chi connectivity index (χ0v) is 16.2. The Labute approximate surface area is 167 Å². The molecule has 1 amide bonds. The Hall–Kier alpha value is -2.80. The van der Waals surface area contributed by atoms with Crippen LogP contribution in [0, 0.1) is 0 Å². The van der Waals surface area contributed by atoms with Crippen LogP contribution in [0.1, 0.15) is 24.4 Å². The monoisotopic (exact) mass is 391 g/mol. The Balaban J connectivity index is 1.54. The fourth-order valence-electron chi connectivity index (χ4n) is 3.85. The molecule has 5 rings (SSSR count). The lowest BCUT2D eigenvalue weighted by Gasteiger charge is -2.34. The smallest absolute Gasteiger partial charge is 0.238 e. The van der Waals surface area contributed by atoms with Crippen LogP contribution in [0.25, 0.3) is 11.4 Å². The first-order valence-corrected chi connectivity index (χ1v) is 10.5. The summed E-state index contributed by atoms with van der Waals surface area (Å²) < 4.78 is 1.92. The third-order valence-electron chi connectivity index (χ3n) is 5.29. The molecule has 1 N–H and O–H groups in total. The van der Waals surface area contributed by atoms with E-state index in [1.54, 1.807) is 0 Å². The van der Waals surface area contributed by atoms with Crippen molar-refractivity contribution in [3.05, 3.63) is 66.2 Å². The molecule has 0 spiro atoms. The summed E-state index contributed by atoms with van der Waals surface area (Å²) in [6.45, 7) is 1.69. The fourth-order valence-corrected chi connectivity index (χ4v) is 5.01. The number of amides is 1. The second-order valence-corrected chi connectivity index (χ2v) is 8.20. The minimum absolute atomic E-state index is 0.148. The molecular weight excluding hydrogens is 370 g/mol. The fraction of sp³-hybridized carbons (Fsp3) is 0.286. The van der Waals surface area contributed by atoms with E-state index in [1.165, 1.54) is 11.8 Å². The third kappa shape index (κ3) is 3.05. The van der Waals surface area contributed by atoms with Gasteiger partial charge in [0.1, 0.15) is 5.25 Å². The van der Waals surface area contributed by atoms with Crippen LogP contribution in [0.15, 0.2) is 65.8 Å². The van der Waals surface area contributed by atoms with E-state index in [4.69, 9.17) is 0 Å². The molecule has 6 nitrogen and oxygen atoms in total. The van der Waals surface area contributed by atoms with E-state index in [0.29, 0.717) is 0 Å². The maximum absolute atomic E-state index is 13.3. The number of rotatable bonds is 3. The van der Waals surface area contributed by atoms with Gasteiger partial charge in [-0.2, -0.15) is 0 Å². The molecule has 3 heterocycles. The summed E-state index contributed by atoms with van der Waals surface area (Å²) in [5, 5.41) is 9.22. The average Bonchev–Trinajstić information content (AvgIpc) is 3.43. The Morgan fingerprint density at radius 3 is 2.36 bits per heavy atom. The van der Waals surface area contributed by atoms with E-state index in [9.17, 15) is 4.79 Å². The van der Waals surface area contributed by atoms with Gasteiger partial charge in [-0.05, 0) is 18.4 Å². The maximum Gasteiger partial charge on any atom is 0.238 e. The zero-order chi connectivity index (χ0) is 18.9. The number of aromatic nitrogens is 3. The van der Waals surface area contributed by atoms with Crippen molar-refractivity contribution in [2.75, 3.05) is 18.5 Å². The quantitative estimate of drug-likeness (QED) is 0.742. The van der Waals surface area contributed by atoms with Gasteiger partial charge in [-0.15, -0.1) is 10.2 Å². The highest BCUT2D eigenvalue weighted by Gasteiger charge is 2.40. The van der Waals surface area contributed by atoms with Crippen LogP contribution in [-0.2, 0) is 4.79 Å². The van der Waals surface area contributed by atoms with E-state index < -0.39 is 0 Å². The molecule has 0 unspecified atom stereocenters. The second-order valence-electron chi connectivity index (χ2n) is 7.10. The highest BCUT2D eigenvalue weighted by Crippen LogP contribution is 2.39. The summed E-state index contributed by atoms with van der Waals surface area (Å²) in [5.41, 5.74) is 5.62. The van der Waals surface area contributed by atoms with Crippen molar-refractivity contribution in [2.45, 2.75) is 29.3 Å². The molecule has 1 fully saturated rings. The molecule has 2 atom stereocenters. The lowest BCUT2D eigenvalue weighted by molar-refractivity contribution is -0.129. The van der Waals surface area contributed by atoms with Crippen LogP contribution in [0.5, 0.6) is 0 Å². The second kappa shape index (κ2) is 7.31. The summed E-state index contributed by atoms with van der Waals surface area (Å²) >= 11 is 1.51. The van der Waals surface area contributed by atoms with E-state index in [0.717, 1.165) is 48.0 Å². The molecule has 2 aliphatic rings. The van der Waals surface area contributed by atoms with Crippen molar-refractivity contribution in [1.29, 1.82) is 0 Å². The third-order valence-corrected chi connectivity index (χ3v) is 6.49. The minimum Gasteiger partial charge on any atom is -0.342 e. The number of hydrogen-bond acceptors (Lipinski definition) is 5. The van der Waals surface area contributed by atoms with Gasteiger partial charge in [0.05, 0.1) is 6.04 Å². The lowest BCUT2D eigenvalue weighted by Crippen LogP contribution is -2.45. The standard InChI is InChI=1S/C21H21N5OS/c27-20(25-13-7-8-14-25)18-17(15-9-3-1-4-10-15)24-26-19(22-23-21(26)28-18)16-11-5-2-6-12-16/h1-6,9-12,17-18,24H,7-8,13-14H2/t17-,18-/m0/s1. The van der Waals surface area contributed by atoms with Gasteiger partial charge in [-0.1, -0.05) is 72.4 Å². The number of thioether (sulfide) groups is 1. The number of carbonyl (C=O) groups is 1. The van der Waals surface area contributed by atoms with Gasteiger partial charge in [-0.25, -0.2) is 4.68 Å². The van der Waals surface area contributed by atoms with Gasteiger partial charge in [0.25, 0.3) is 0 Å². The van der Waals surface area contributed by atoms with E-state index in [2.05, 4.69) is 27.8 Å². The molecule has 0 saturated carbocycles. The zero-order valence-electron chi connectivity index (χ0n) is 15.4. The van der Waals surface area contributed by atoms with E-state index in [1.807, 2.05) is 58.1 Å². The predicted octanol–water partition coefficient (Wildman–Crippen LogP) is 3.33. The van der Waals surface area contributed by atoms with E-state index in [-0.39, 0.29) is 17.2 Å². The summed E-state index contributed by atoms with van der Waals surface area (Å²) in [4.78, 5) is 15.3. The number of nitrogens with zero attached hydrogens (tertiary/aromatic N) is 4. The SMILES string of the molecule is O=C([C@H]1Sc2nnc(-c3ccccc3)n2N[C@H]1c1ccccc1)N1CCCC1. The summed E-state index contributed by atoms with van der Waals surface area (Å²) in [7, 11) is 0. The van der Waals surface area contributed by atoms with Gasteiger partial charge in [0.15, 0.2) is 5.82 Å². The summed E-state index contributed by atoms with van der Waals surface area (Å²) in [6.07, 6.45) is 2.17. The molecule has 0 aliphatic carbocycles. The van der Waals surface area contributed by atoms with Gasteiger partial charge in [-0.3, -0.25) is 4.79 Å². The molecule has 142 valence electrons. The first-order chi connectivity index (χ1) is 13.8. The van der Waals surface area contributed by atoms with Crippen molar-refractivity contribution in [2.24, 2.45) is 0 Å². The highest BCUT2D eigenvalue weighted by molar-refractivity contribution is 8.00. The van der Waals surface area contributed by atoms with Crippen molar-refractivity contribution in [3.63, 3.8) is 0 Å². The van der Waals surface area contributed by atoms with Crippen LogP contribution in [-0.4, -0.2) is 44.0 Å². The van der Waals surface area contributed by atoms with E-state index >= 15 is 0 Å². The largest absolute Gasteiger partial charge is 0.342 e. The molecule has 7 heteroatoms. The Kier molecular flexibility index (Phi) is 4.52. The first-order valence-electron chi connectivity index (χ1n) is 9.59. The predicted molar refractivity (Wildman–Crippen MR) is 109 cm³/mol. The van der Waals surface area contributed by atoms with Gasteiger partial charge >= 0.3 is 0 Å². The number of benzene rings is 2. The Morgan fingerprint density at radius 1 is 0.964 bits per heavy atom. The van der Waals surface area contributed by atoms with Crippen LogP contribution in [0.3, 0.4) is 0 Å². The number of carbonyl (C=O) groups excluding carboxylic acids is 1. The van der Waals surface area contributed by atoms with Crippen LogP contribution >= 0.6 is 11.8 Å². The maximum atomic E-state index is 13.3. The van der Waals surface area contributed by atoms with Gasteiger partial charge < -0.3 is 10.3 Å². The molecule has 0 bridgehead atoms. The number of likely N-dealkylation sites (tertiary alicyclic amines) is 1. The normalized spacial score (nSPS) is 21.2. The lowest BCUT2D eigenvalue weighted by atomic mass is 10.0. The van der Waals surface area contributed by atoms with Crippen LogP contribution in [0.4, 0.5) is 0 Å². The number of nitrogens with one attached hydrogen (secondary N) is 1. The number of fused-ring (bicyclic) bond motifs is 1. The minimum atomic E-state index is -0.263. The van der Waals surface area contributed by atoms with Crippen molar-refractivity contribution in [3.8, 4) is 11.4 Å². The molecule has 2 aliphatic heterocycles. The summed E-state index contributed by atoms with van der Waals surface area (Å²) in [6, 6.07) is 20.0. The van der Waals surface area contributed by atoms with Crippen molar-refractivity contribution in [1.82, 2.24) is 19.8 Å². The van der Waals surface area contributed by atoms with Gasteiger partial charge in [0, 0.05) is 18.7 Å². The molecule has 0 radical (unpaired) electrons. The first kappa shape index (κ1) is 17.3. The van der Waals surface area contributed by atoms with Crippen molar-refractivity contribution < 1.29 is 4.79 Å². The van der Waals surface area contributed by atoms with Gasteiger partial charge in [0.2, 0.25) is 11.1 Å². The van der Waals surface area contributed by atoms with Crippen LogP contribution < -0.4 is 5.43 Å². The molecule has 28 heavy (non-hydrogen) atoms. The molecule has 2 aromatic carbocycles. The Morgan fingerprint density at radius 2 is 1.64 bits per heavy atom. The molecule has 1 aromatic heterocycles. The topological polar surface area (TPSA) is 63.1 Å². The average molecular weight is 392 g/mol. The molecular formula is C21H21N5OS. The molecule has 1 saturated heterocycles. The summed E-state index contributed by atoms with van der Waals surface area (Å²) in [5.74, 6) is 0.940. The highest BCUT2D eigenvalue weighted by atomic mass is 32.2. The number of hydrogen-bond donors (Lipinski definition) is 1. The molecule has 3 aromatic rings. The van der Waals surface area contributed by atoms with Crippen molar-refractivity contribution >= 4 is 17.7 Å². The van der Waals surface area contributed by atoms with Crippen LogP contribution in [0.2, 0.25) is 0 Å².